The summed E-state index contributed by atoms with van der Waals surface area (Å²) >= 11 is 0. The number of likely N-dealkylation sites (tertiary alicyclic amines) is 1. The average molecular weight is 294 g/mol. The molecule has 108 valence electrons. The molecule has 1 aromatic rings. The van der Waals surface area contributed by atoms with Crippen LogP contribution in [0.15, 0.2) is 23.2 Å². The van der Waals surface area contributed by atoms with Crippen molar-refractivity contribution in [1.82, 2.24) is 14.6 Å². The summed E-state index contributed by atoms with van der Waals surface area (Å²) in [5.41, 5.74) is 0.207. The van der Waals surface area contributed by atoms with Crippen molar-refractivity contribution in [3.05, 3.63) is 24.0 Å². The van der Waals surface area contributed by atoms with Gasteiger partial charge in [0.2, 0.25) is 10.0 Å². The highest BCUT2D eigenvalue weighted by atomic mass is 32.2. The molecular formula is C13H18N4O2S. The molecule has 1 atom stereocenters. The van der Waals surface area contributed by atoms with Crippen molar-refractivity contribution >= 4 is 10.0 Å². The zero-order chi connectivity index (χ0) is 14.6. The zero-order valence-corrected chi connectivity index (χ0v) is 12.2. The number of nitrogens with one attached hydrogen (secondary N) is 1. The molecule has 0 spiro atoms. The predicted molar refractivity (Wildman–Crippen MR) is 74.4 cm³/mol. The second kappa shape index (κ2) is 6.31. The molecule has 0 saturated carbocycles. The van der Waals surface area contributed by atoms with E-state index in [2.05, 4.69) is 21.5 Å². The van der Waals surface area contributed by atoms with Crippen LogP contribution in [0.5, 0.6) is 0 Å². The van der Waals surface area contributed by atoms with Crippen molar-refractivity contribution in [2.75, 3.05) is 26.2 Å². The number of hydrogen-bond donors (Lipinski definition) is 1. The van der Waals surface area contributed by atoms with Crippen LogP contribution in [0.4, 0.5) is 0 Å². The van der Waals surface area contributed by atoms with Crippen molar-refractivity contribution in [3.8, 4) is 6.07 Å². The summed E-state index contributed by atoms with van der Waals surface area (Å²) in [6, 6.07) is 4.67. The lowest BCUT2D eigenvalue weighted by molar-refractivity contribution is 0.342. The largest absolute Gasteiger partial charge is 0.303 e. The number of sulfonamides is 1. The standard InChI is InChI=1S/C13H18N4O2S/c1-2-17-6-5-11(10-17)8-16-20(18,19)13-4-3-12(7-14)15-9-13/h3-4,9,11,16H,2,5-6,8,10H2,1H3. The maximum absolute atomic E-state index is 12.1. The molecule has 7 heteroatoms. The second-order valence-electron chi connectivity index (χ2n) is 4.89. The Morgan fingerprint density at radius 3 is 2.90 bits per heavy atom. The summed E-state index contributed by atoms with van der Waals surface area (Å²) in [6.45, 7) is 5.52. The first kappa shape index (κ1) is 14.9. The average Bonchev–Trinajstić information content (AvgIpc) is 2.93. The summed E-state index contributed by atoms with van der Waals surface area (Å²) in [4.78, 5) is 6.19. The summed E-state index contributed by atoms with van der Waals surface area (Å²) in [5, 5.41) is 8.64. The van der Waals surface area contributed by atoms with Gasteiger partial charge in [-0.1, -0.05) is 6.92 Å². The number of hydrogen-bond acceptors (Lipinski definition) is 5. The first-order valence-corrected chi connectivity index (χ1v) is 8.11. The minimum atomic E-state index is -3.54. The second-order valence-corrected chi connectivity index (χ2v) is 6.66. The van der Waals surface area contributed by atoms with Gasteiger partial charge in [0.1, 0.15) is 16.7 Å². The Bertz CT molecular complexity index is 592. The van der Waals surface area contributed by atoms with Crippen molar-refractivity contribution in [2.24, 2.45) is 5.92 Å². The van der Waals surface area contributed by atoms with Crippen LogP contribution in [0, 0.1) is 17.2 Å². The number of pyridine rings is 1. The Morgan fingerprint density at radius 1 is 1.55 bits per heavy atom. The minimum Gasteiger partial charge on any atom is -0.303 e. The topological polar surface area (TPSA) is 86.1 Å². The van der Waals surface area contributed by atoms with Gasteiger partial charge < -0.3 is 4.90 Å². The Hall–Kier alpha value is -1.49. The Morgan fingerprint density at radius 2 is 2.35 bits per heavy atom. The van der Waals surface area contributed by atoms with Gasteiger partial charge in [-0.05, 0) is 37.6 Å². The normalized spacial score (nSPS) is 19.9. The van der Waals surface area contributed by atoms with Crippen molar-refractivity contribution < 1.29 is 8.42 Å². The molecule has 0 bridgehead atoms. The number of rotatable bonds is 5. The molecule has 0 radical (unpaired) electrons. The van der Waals surface area contributed by atoms with E-state index in [0.717, 1.165) is 26.1 Å². The van der Waals surface area contributed by atoms with Crippen LogP contribution in [0.25, 0.3) is 0 Å². The lowest BCUT2D eigenvalue weighted by Crippen LogP contribution is -2.31. The molecule has 1 saturated heterocycles. The molecule has 6 nitrogen and oxygen atoms in total. The summed E-state index contributed by atoms with van der Waals surface area (Å²) in [7, 11) is -3.54. The van der Waals surface area contributed by atoms with Gasteiger partial charge in [0.25, 0.3) is 0 Å². The van der Waals surface area contributed by atoms with Crippen LogP contribution in [0.2, 0.25) is 0 Å². The number of nitriles is 1. The number of aromatic nitrogens is 1. The third kappa shape index (κ3) is 3.54. The Balaban J connectivity index is 1.95. The first-order valence-electron chi connectivity index (χ1n) is 6.63. The lowest BCUT2D eigenvalue weighted by atomic mass is 10.1. The molecule has 0 aliphatic carbocycles. The number of nitrogens with zero attached hydrogens (tertiary/aromatic N) is 3. The molecule has 1 aliphatic heterocycles. The quantitative estimate of drug-likeness (QED) is 0.858. The van der Waals surface area contributed by atoms with Gasteiger partial charge in [0.05, 0.1) is 0 Å². The SMILES string of the molecule is CCN1CCC(CNS(=O)(=O)c2ccc(C#N)nc2)C1. The summed E-state index contributed by atoms with van der Waals surface area (Å²) in [5.74, 6) is 0.357. The maximum atomic E-state index is 12.1. The molecule has 20 heavy (non-hydrogen) atoms. The molecule has 2 heterocycles. The van der Waals surface area contributed by atoms with E-state index in [1.54, 1.807) is 0 Å². The fourth-order valence-corrected chi connectivity index (χ4v) is 3.34. The van der Waals surface area contributed by atoms with Crippen LogP contribution < -0.4 is 4.72 Å². The van der Waals surface area contributed by atoms with E-state index in [1.165, 1.54) is 18.3 Å². The van der Waals surface area contributed by atoms with Gasteiger partial charge in [0.15, 0.2) is 0 Å². The third-order valence-electron chi connectivity index (χ3n) is 3.54. The van der Waals surface area contributed by atoms with Gasteiger partial charge in [0, 0.05) is 19.3 Å². The summed E-state index contributed by atoms with van der Waals surface area (Å²) < 4.78 is 26.8. The van der Waals surface area contributed by atoms with Gasteiger partial charge in [-0.15, -0.1) is 0 Å². The highest BCUT2D eigenvalue weighted by molar-refractivity contribution is 7.89. The van der Waals surface area contributed by atoms with Crippen LogP contribution >= 0.6 is 0 Å². The van der Waals surface area contributed by atoms with E-state index in [-0.39, 0.29) is 10.6 Å². The smallest absolute Gasteiger partial charge is 0.242 e. The Kier molecular flexibility index (Phi) is 4.70. The molecule has 1 N–H and O–H groups in total. The fraction of sp³-hybridized carbons (Fsp3) is 0.538. The molecule has 1 fully saturated rings. The van der Waals surface area contributed by atoms with E-state index < -0.39 is 10.0 Å². The fourth-order valence-electron chi connectivity index (χ4n) is 2.28. The van der Waals surface area contributed by atoms with E-state index >= 15 is 0 Å². The van der Waals surface area contributed by atoms with Gasteiger partial charge >= 0.3 is 0 Å². The first-order chi connectivity index (χ1) is 9.55. The van der Waals surface area contributed by atoms with Crippen molar-refractivity contribution in [3.63, 3.8) is 0 Å². The highest BCUT2D eigenvalue weighted by Gasteiger charge is 2.23. The molecule has 1 aromatic heterocycles. The zero-order valence-electron chi connectivity index (χ0n) is 11.4. The predicted octanol–water partition coefficient (Wildman–Crippen LogP) is 0.573. The van der Waals surface area contributed by atoms with E-state index in [9.17, 15) is 8.42 Å². The van der Waals surface area contributed by atoms with Gasteiger partial charge in [-0.3, -0.25) is 0 Å². The third-order valence-corrected chi connectivity index (χ3v) is 4.95. The molecule has 1 unspecified atom stereocenters. The minimum absolute atomic E-state index is 0.0989. The molecule has 1 aliphatic rings. The summed E-state index contributed by atoms with van der Waals surface area (Å²) in [6.07, 6.45) is 2.23. The van der Waals surface area contributed by atoms with Crippen molar-refractivity contribution in [2.45, 2.75) is 18.2 Å². The molecule has 0 aromatic carbocycles. The van der Waals surface area contributed by atoms with Crippen LogP contribution in [0.1, 0.15) is 19.0 Å². The van der Waals surface area contributed by atoms with Crippen LogP contribution in [-0.4, -0.2) is 44.5 Å². The maximum Gasteiger partial charge on any atom is 0.242 e. The molecular weight excluding hydrogens is 276 g/mol. The molecule has 0 amide bonds. The Labute approximate surface area is 119 Å². The van der Waals surface area contributed by atoms with Crippen LogP contribution in [0.3, 0.4) is 0 Å². The van der Waals surface area contributed by atoms with E-state index in [0.29, 0.717) is 12.5 Å². The van der Waals surface area contributed by atoms with Crippen molar-refractivity contribution in [1.29, 1.82) is 5.26 Å². The van der Waals surface area contributed by atoms with Gasteiger partial charge in [-0.2, -0.15) is 5.26 Å². The van der Waals surface area contributed by atoms with E-state index in [1.807, 2.05) is 6.07 Å². The van der Waals surface area contributed by atoms with Crippen LogP contribution in [-0.2, 0) is 10.0 Å². The molecule has 2 rings (SSSR count). The van der Waals surface area contributed by atoms with Gasteiger partial charge in [-0.25, -0.2) is 18.1 Å². The monoisotopic (exact) mass is 294 g/mol. The van der Waals surface area contributed by atoms with E-state index in [4.69, 9.17) is 5.26 Å². The lowest BCUT2D eigenvalue weighted by Gasteiger charge is -2.13. The highest BCUT2D eigenvalue weighted by Crippen LogP contribution is 2.16.